The molecule has 0 aliphatic carbocycles. The lowest BCUT2D eigenvalue weighted by molar-refractivity contribution is -0.137. The van der Waals surface area contributed by atoms with Crippen molar-refractivity contribution >= 4 is 46.6 Å². The van der Waals surface area contributed by atoms with E-state index < -0.39 is 17.9 Å². The Kier molecular flexibility index (Phi) is 10.1. The van der Waals surface area contributed by atoms with Gasteiger partial charge >= 0.3 is 12.1 Å². The SMILES string of the molecule is COC(=O)N1CCCN(c2ccc(C(=O)NC(CC(=O)O)c3cccs3)cc2NC(=O)c2ccc(C(C)(C)C)cc2)CC1. The van der Waals surface area contributed by atoms with Gasteiger partial charge in [0.05, 0.1) is 30.9 Å². The maximum absolute atomic E-state index is 13.4. The van der Waals surface area contributed by atoms with Gasteiger partial charge in [-0.2, -0.15) is 0 Å². The van der Waals surface area contributed by atoms with Crippen molar-refractivity contribution in [3.8, 4) is 0 Å². The summed E-state index contributed by atoms with van der Waals surface area (Å²) in [5, 5.41) is 17.1. The van der Waals surface area contributed by atoms with E-state index in [2.05, 4.69) is 36.3 Å². The summed E-state index contributed by atoms with van der Waals surface area (Å²) in [5.41, 5.74) is 2.94. The Morgan fingerprint density at radius 2 is 1.67 bits per heavy atom. The molecule has 10 nitrogen and oxygen atoms in total. The third-order valence-corrected chi connectivity index (χ3v) is 8.35. The number of carbonyl (C=O) groups is 4. The number of aliphatic carboxylic acids is 1. The number of rotatable bonds is 8. The molecule has 11 heteroatoms. The maximum Gasteiger partial charge on any atom is 0.409 e. The Morgan fingerprint density at radius 3 is 2.30 bits per heavy atom. The fraction of sp³-hybridized carbons (Fsp3) is 0.375. The summed E-state index contributed by atoms with van der Waals surface area (Å²) in [6.45, 7) is 8.42. The van der Waals surface area contributed by atoms with E-state index in [-0.39, 0.29) is 29.4 Å². The van der Waals surface area contributed by atoms with E-state index in [0.29, 0.717) is 49.5 Å². The Balaban J connectivity index is 1.63. The van der Waals surface area contributed by atoms with Crippen molar-refractivity contribution in [3.63, 3.8) is 0 Å². The molecule has 1 atom stereocenters. The van der Waals surface area contributed by atoms with Gasteiger partial charge < -0.3 is 30.3 Å². The van der Waals surface area contributed by atoms with Gasteiger partial charge in [0, 0.05) is 42.2 Å². The van der Waals surface area contributed by atoms with Gasteiger partial charge in [-0.25, -0.2) is 4.79 Å². The van der Waals surface area contributed by atoms with Crippen LogP contribution in [0.1, 0.15) is 70.8 Å². The number of hydrogen-bond donors (Lipinski definition) is 3. The van der Waals surface area contributed by atoms with Crippen LogP contribution in [0.4, 0.5) is 16.2 Å². The number of hydrogen-bond acceptors (Lipinski definition) is 7. The van der Waals surface area contributed by atoms with Crippen LogP contribution in [0, 0.1) is 0 Å². The summed E-state index contributed by atoms with van der Waals surface area (Å²) in [4.78, 5) is 54.9. The van der Waals surface area contributed by atoms with Crippen LogP contribution < -0.4 is 15.5 Å². The van der Waals surface area contributed by atoms with Crippen LogP contribution in [-0.4, -0.2) is 67.2 Å². The topological polar surface area (TPSA) is 128 Å². The fourth-order valence-corrected chi connectivity index (χ4v) is 5.75. The molecule has 1 aliphatic rings. The number of benzene rings is 2. The van der Waals surface area contributed by atoms with Crippen molar-refractivity contribution in [1.82, 2.24) is 10.2 Å². The summed E-state index contributed by atoms with van der Waals surface area (Å²) < 4.78 is 4.90. The lowest BCUT2D eigenvalue weighted by Crippen LogP contribution is -2.35. The third-order valence-electron chi connectivity index (χ3n) is 7.36. The molecule has 1 unspecified atom stereocenters. The van der Waals surface area contributed by atoms with E-state index in [4.69, 9.17) is 4.74 Å². The molecule has 1 saturated heterocycles. The average Bonchev–Trinajstić information content (AvgIpc) is 3.41. The molecule has 1 aromatic heterocycles. The highest BCUT2D eigenvalue weighted by molar-refractivity contribution is 7.10. The van der Waals surface area contributed by atoms with E-state index >= 15 is 0 Å². The molecule has 0 spiro atoms. The van der Waals surface area contributed by atoms with Gasteiger partial charge in [0.1, 0.15) is 0 Å². The molecule has 4 rings (SSSR count). The zero-order chi connectivity index (χ0) is 31.1. The van der Waals surface area contributed by atoms with Crippen LogP contribution in [-0.2, 0) is 14.9 Å². The monoisotopic (exact) mass is 606 g/mol. The summed E-state index contributed by atoms with van der Waals surface area (Å²) >= 11 is 1.37. The average molecular weight is 607 g/mol. The zero-order valence-electron chi connectivity index (χ0n) is 24.9. The first-order valence-electron chi connectivity index (χ1n) is 14.2. The number of anilines is 2. The lowest BCUT2D eigenvalue weighted by atomic mass is 9.87. The molecule has 2 aromatic carbocycles. The second kappa shape index (κ2) is 13.7. The fourth-order valence-electron chi connectivity index (χ4n) is 4.97. The molecular weight excluding hydrogens is 568 g/mol. The quantitative estimate of drug-likeness (QED) is 0.308. The van der Waals surface area contributed by atoms with Crippen molar-refractivity contribution in [2.24, 2.45) is 0 Å². The van der Waals surface area contributed by atoms with Crippen molar-refractivity contribution in [2.75, 3.05) is 43.5 Å². The molecule has 2 heterocycles. The molecule has 1 fully saturated rings. The van der Waals surface area contributed by atoms with E-state index in [9.17, 15) is 24.3 Å². The Morgan fingerprint density at radius 1 is 0.953 bits per heavy atom. The summed E-state index contributed by atoms with van der Waals surface area (Å²) in [6, 6.07) is 15.4. The van der Waals surface area contributed by atoms with Crippen LogP contribution >= 0.6 is 11.3 Å². The van der Waals surface area contributed by atoms with Gasteiger partial charge in [0.2, 0.25) is 0 Å². The Labute approximate surface area is 255 Å². The highest BCUT2D eigenvalue weighted by atomic mass is 32.1. The van der Waals surface area contributed by atoms with Gasteiger partial charge in [-0.05, 0) is 59.2 Å². The van der Waals surface area contributed by atoms with Gasteiger partial charge in [0.25, 0.3) is 11.8 Å². The number of methoxy groups -OCH3 is 1. The predicted molar refractivity (Wildman–Crippen MR) is 167 cm³/mol. The van der Waals surface area contributed by atoms with Gasteiger partial charge in [-0.3, -0.25) is 14.4 Å². The van der Waals surface area contributed by atoms with E-state index in [1.54, 1.807) is 47.4 Å². The molecule has 0 saturated carbocycles. The minimum atomic E-state index is -1.03. The minimum absolute atomic E-state index is 0.0592. The number of ether oxygens (including phenoxy) is 1. The van der Waals surface area contributed by atoms with Crippen molar-refractivity contribution < 1.29 is 29.0 Å². The minimum Gasteiger partial charge on any atom is -0.481 e. The Bertz CT molecular complexity index is 1450. The molecule has 0 radical (unpaired) electrons. The van der Waals surface area contributed by atoms with Crippen LogP contribution in [0.15, 0.2) is 60.0 Å². The van der Waals surface area contributed by atoms with Crippen LogP contribution in [0.5, 0.6) is 0 Å². The second-order valence-electron chi connectivity index (χ2n) is 11.5. The lowest BCUT2D eigenvalue weighted by Gasteiger charge is -2.26. The largest absolute Gasteiger partial charge is 0.481 e. The third kappa shape index (κ3) is 8.13. The molecule has 1 aliphatic heterocycles. The van der Waals surface area contributed by atoms with Gasteiger partial charge in [-0.15, -0.1) is 11.3 Å². The first kappa shape index (κ1) is 31.6. The molecule has 0 bridgehead atoms. The molecular formula is C32H38N4O6S. The van der Waals surface area contributed by atoms with E-state index in [1.165, 1.54) is 18.4 Å². The first-order valence-corrected chi connectivity index (χ1v) is 15.0. The zero-order valence-corrected chi connectivity index (χ0v) is 25.7. The smallest absolute Gasteiger partial charge is 0.409 e. The molecule has 43 heavy (non-hydrogen) atoms. The van der Waals surface area contributed by atoms with Gasteiger partial charge in [0.15, 0.2) is 0 Å². The second-order valence-corrected chi connectivity index (χ2v) is 12.4. The normalized spacial score (nSPS) is 14.4. The molecule has 3 amide bonds. The van der Waals surface area contributed by atoms with Gasteiger partial charge in [-0.1, -0.05) is 39.0 Å². The number of thiophene rings is 1. The van der Waals surface area contributed by atoms with E-state index in [1.807, 2.05) is 17.5 Å². The summed E-state index contributed by atoms with van der Waals surface area (Å²) in [5.74, 6) is -1.81. The highest BCUT2D eigenvalue weighted by Crippen LogP contribution is 2.30. The number of amides is 3. The first-order chi connectivity index (χ1) is 20.5. The summed E-state index contributed by atoms with van der Waals surface area (Å²) in [6.07, 6.45) is 0.0439. The van der Waals surface area contributed by atoms with Crippen LogP contribution in [0.25, 0.3) is 0 Å². The number of nitrogens with one attached hydrogen (secondary N) is 2. The molecule has 3 N–H and O–H groups in total. The van der Waals surface area contributed by atoms with Crippen molar-refractivity contribution in [3.05, 3.63) is 81.5 Å². The van der Waals surface area contributed by atoms with Crippen LogP contribution in [0.2, 0.25) is 0 Å². The number of carboxylic acid groups (broad SMARTS) is 1. The van der Waals surface area contributed by atoms with Crippen molar-refractivity contribution in [1.29, 1.82) is 0 Å². The highest BCUT2D eigenvalue weighted by Gasteiger charge is 2.24. The molecule has 3 aromatic rings. The predicted octanol–water partition coefficient (Wildman–Crippen LogP) is 5.52. The Hall–Kier alpha value is -4.38. The van der Waals surface area contributed by atoms with Crippen molar-refractivity contribution in [2.45, 2.75) is 45.1 Å². The standard InChI is InChI=1S/C32H38N4O6S/c1-32(2,3)23-11-8-21(9-12-23)29(39)33-24-19-22(30(40)34-25(20-28(37)38)27-7-5-18-43-27)10-13-26(24)35-14-6-15-36(17-16-35)31(41)42-4/h5,7-13,18-19,25H,6,14-17,20H2,1-4H3,(H,33,39)(H,34,40)(H,37,38). The number of carbonyl (C=O) groups excluding carboxylic acids is 3. The summed E-state index contributed by atoms with van der Waals surface area (Å²) in [7, 11) is 1.36. The maximum atomic E-state index is 13.4. The number of nitrogens with zero attached hydrogens (tertiary/aromatic N) is 2. The van der Waals surface area contributed by atoms with Crippen LogP contribution in [0.3, 0.4) is 0 Å². The molecule has 228 valence electrons. The number of carboxylic acids is 1. The van der Waals surface area contributed by atoms with E-state index in [0.717, 1.165) is 10.4 Å².